The molecule has 2 aromatic rings. The zero-order chi connectivity index (χ0) is 14.0. The number of benzene rings is 1. The molecule has 100 valence electrons. The maximum atomic E-state index is 13.2. The summed E-state index contributed by atoms with van der Waals surface area (Å²) in [6.45, 7) is 0. The summed E-state index contributed by atoms with van der Waals surface area (Å²) >= 11 is 9.13. The van der Waals surface area contributed by atoms with Crippen LogP contribution in [0.4, 0.5) is 22.0 Å². The summed E-state index contributed by atoms with van der Waals surface area (Å²) in [5, 5.41) is 2.95. The summed E-state index contributed by atoms with van der Waals surface area (Å²) in [7, 11) is 3.57. The molecule has 0 saturated carbocycles. The monoisotopic (exact) mass is 345 g/mol. The van der Waals surface area contributed by atoms with E-state index in [0.717, 1.165) is 0 Å². The highest BCUT2D eigenvalue weighted by molar-refractivity contribution is 9.10. The Morgan fingerprint density at radius 1 is 1.26 bits per heavy atom. The van der Waals surface area contributed by atoms with E-state index in [1.54, 1.807) is 25.1 Å². The fourth-order valence-electron chi connectivity index (χ4n) is 1.31. The van der Waals surface area contributed by atoms with Crippen LogP contribution in [0.25, 0.3) is 0 Å². The van der Waals surface area contributed by atoms with Crippen molar-refractivity contribution >= 4 is 45.1 Å². The molecule has 5 nitrogen and oxygen atoms in total. The first kappa shape index (κ1) is 14.0. The molecule has 0 aliphatic rings. The second-order valence-corrected chi connectivity index (χ2v) is 5.06. The smallest absolute Gasteiger partial charge is 0.233 e. The quantitative estimate of drug-likeness (QED) is 0.924. The third kappa shape index (κ3) is 3.51. The van der Waals surface area contributed by atoms with Crippen LogP contribution in [-0.4, -0.2) is 29.0 Å². The summed E-state index contributed by atoms with van der Waals surface area (Å²) in [5.41, 5.74) is 0.506. The number of anilines is 3. The van der Waals surface area contributed by atoms with Crippen LogP contribution < -0.4 is 10.2 Å². The van der Waals surface area contributed by atoms with Crippen molar-refractivity contribution in [2.24, 2.45) is 0 Å². The van der Waals surface area contributed by atoms with Crippen LogP contribution in [0.5, 0.6) is 0 Å². The third-order valence-electron chi connectivity index (χ3n) is 2.17. The maximum Gasteiger partial charge on any atom is 0.233 e. The SMILES string of the molecule is CN(C)c1nc(Cl)nc(Nc2cc(F)ccc2Br)n1. The Bertz CT molecular complexity index is 608. The fourth-order valence-corrected chi connectivity index (χ4v) is 1.81. The van der Waals surface area contributed by atoms with Gasteiger partial charge < -0.3 is 10.2 Å². The molecule has 8 heteroatoms. The summed E-state index contributed by atoms with van der Waals surface area (Å²) < 4.78 is 13.9. The van der Waals surface area contributed by atoms with Gasteiger partial charge in [-0.05, 0) is 45.7 Å². The molecule has 2 rings (SSSR count). The number of nitrogens with one attached hydrogen (secondary N) is 1. The molecular weight excluding hydrogens is 337 g/mol. The molecule has 19 heavy (non-hydrogen) atoms. The van der Waals surface area contributed by atoms with Gasteiger partial charge in [-0.1, -0.05) is 0 Å². The van der Waals surface area contributed by atoms with Crippen LogP contribution in [0.1, 0.15) is 0 Å². The largest absolute Gasteiger partial charge is 0.347 e. The van der Waals surface area contributed by atoms with Gasteiger partial charge in [0.15, 0.2) is 0 Å². The first-order valence-corrected chi connectivity index (χ1v) is 6.44. The second kappa shape index (κ2) is 5.66. The van der Waals surface area contributed by atoms with E-state index < -0.39 is 0 Å². The molecule has 0 aliphatic carbocycles. The van der Waals surface area contributed by atoms with Gasteiger partial charge in [-0.25, -0.2) is 4.39 Å². The summed E-state index contributed by atoms with van der Waals surface area (Å²) in [6.07, 6.45) is 0. The van der Waals surface area contributed by atoms with Gasteiger partial charge in [-0.15, -0.1) is 0 Å². The highest BCUT2D eigenvalue weighted by atomic mass is 79.9. The minimum absolute atomic E-state index is 0.0636. The van der Waals surface area contributed by atoms with Gasteiger partial charge >= 0.3 is 0 Å². The van der Waals surface area contributed by atoms with Crippen LogP contribution in [0.15, 0.2) is 22.7 Å². The Balaban J connectivity index is 2.35. The highest BCUT2D eigenvalue weighted by Crippen LogP contribution is 2.26. The van der Waals surface area contributed by atoms with Crippen LogP contribution in [0.3, 0.4) is 0 Å². The Labute approximate surface area is 123 Å². The van der Waals surface area contributed by atoms with Gasteiger partial charge in [-0.2, -0.15) is 15.0 Å². The van der Waals surface area contributed by atoms with Crippen molar-refractivity contribution in [3.05, 3.63) is 33.8 Å². The molecular formula is C11H10BrClFN5. The van der Waals surface area contributed by atoms with E-state index in [1.807, 2.05) is 0 Å². The van der Waals surface area contributed by atoms with Gasteiger partial charge in [0.1, 0.15) is 5.82 Å². The highest BCUT2D eigenvalue weighted by Gasteiger charge is 2.09. The predicted molar refractivity (Wildman–Crippen MR) is 76.5 cm³/mol. The van der Waals surface area contributed by atoms with E-state index in [0.29, 0.717) is 16.1 Å². The zero-order valence-electron chi connectivity index (χ0n) is 10.2. The number of nitrogens with zero attached hydrogens (tertiary/aromatic N) is 4. The van der Waals surface area contributed by atoms with E-state index in [9.17, 15) is 4.39 Å². The van der Waals surface area contributed by atoms with E-state index in [2.05, 4.69) is 36.2 Å². The molecule has 0 aliphatic heterocycles. The van der Waals surface area contributed by atoms with E-state index in [-0.39, 0.29) is 17.0 Å². The van der Waals surface area contributed by atoms with Crippen LogP contribution in [0.2, 0.25) is 5.28 Å². The lowest BCUT2D eigenvalue weighted by molar-refractivity contribution is 0.628. The third-order valence-corrected chi connectivity index (χ3v) is 3.03. The maximum absolute atomic E-state index is 13.2. The van der Waals surface area contributed by atoms with Crippen LogP contribution in [0, 0.1) is 5.82 Å². The number of aromatic nitrogens is 3. The Morgan fingerprint density at radius 3 is 2.68 bits per heavy atom. The Kier molecular flexibility index (Phi) is 4.16. The average molecular weight is 347 g/mol. The molecule has 0 amide bonds. The lowest BCUT2D eigenvalue weighted by atomic mass is 10.3. The molecule has 1 aromatic carbocycles. The Hall–Kier alpha value is -1.47. The average Bonchev–Trinajstić information content (AvgIpc) is 2.33. The number of hydrogen-bond donors (Lipinski definition) is 1. The minimum Gasteiger partial charge on any atom is -0.347 e. The molecule has 1 heterocycles. The molecule has 0 fully saturated rings. The lowest BCUT2D eigenvalue weighted by Gasteiger charge is -2.12. The zero-order valence-corrected chi connectivity index (χ0v) is 12.5. The molecule has 0 atom stereocenters. The van der Waals surface area contributed by atoms with E-state index >= 15 is 0 Å². The summed E-state index contributed by atoms with van der Waals surface area (Å²) in [4.78, 5) is 13.8. The molecule has 0 spiro atoms. The molecule has 0 radical (unpaired) electrons. The standard InChI is InChI=1S/C11H10BrClFN5/c1-19(2)11-17-9(13)16-10(18-11)15-8-5-6(14)3-4-7(8)12/h3-5H,1-2H3,(H,15,16,17,18). The van der Waals surface area contributed by atoms with Gasteiger partial charge in [0, 0.05) is 18.6 Å². The normalized spacial score (nSPS) is 10.4. The predicted octanol–water partition coefficient (Wildman–Crippen LogP) is 3.24. The molecule has 1 N–H and O–H groups in total. The summed E-state index contributed by atoms with van der Waals surface area (Å²) in [6, 6.07) is 4.27. The Morgan fingerprint density at radius 2 is 2.00 bits per heavy atom. The first-order valence-electron chi connectivity index (χ1n) is 5.26. The van der Waals surface area contributed by atoms with E-state index in [1.165, 1.54) is 12.1 Å². The minimum atomic E-state index is -0.362. The van der Waals surface area contributed by atoms with Crippen molar-refractivity contribution in [3.8, 4) is 0 Å². The number of rotatable bonds is 3. The molecule has 0 unspecified atom stereocenters. The van der Waals surface area contributed by atoms with Crippen LogP contribution >= 0.6 is 27.5 Å². The van der Waals surface area contributed by atoms with Crippen molar-refractivity contribution < 1.29 is 4.39 Å². The summed E-state index contributed by atoms with van der Waals surface area (Å²) in [5.74, 6) is 0.295. The van der Waals surface area contributed by atoms with Gasteiger partial charge in [0.25, 0.3) is 0 Å². The molecule has 1 aromatic heterocycles. The topological polar surface area (TPSA) is 53.9 Å². The number of hydrogen-bond acceptors (Lipinski definition) is 5. The molecule has 0 saturated heterocycles. The van der Waals surface area contributed by atoms with Crippen molar-refractivity contribution in [3.63, 3.8) is 0 Å². The number of halogens is 3. The van der Waals surface area contributed by atoms with Gasteiger partial charge in [-0.3, -0.25) is 0 Å². The first-order chi connectivity index (χ1) is 8.95. The lowest BCUT2D eigenvalue weighted by Crippen LogP contribution is -2.14. The van der Waals surface area contributed by atoms with Crippen molar-refractivity contribution in [1.29, 1.82) is 0 Å². The van der Waals surface area contributed by atoms with Gasteiger partial charge in [0.05, 0.1) is 5.69 Å². The fraction of sp³-hybridized carbons (Fsp3) is 0.182. The van der Waals surface area contributed by atoms with Crippen molar-refractivity contribution in [1.82, 2.24) is 15.0 Å². The van der Waals surface area contributed by atoms with Gasteiger partial charge in [0.2, 0.25) is 17.2 Å². The molecule has 0 bridgehead atoms. The van der Waals surface area contributed by atoms with Crippen molar-refractivity contribution in [2.45, 2.75) is 0 Å². The van der Waals surface area contributed by atoms with Crippen LogP contribution in [-0.2, 0) is 0 Å². The van der Waals surface area contributed by atoms with E-state index in [4.69, 9.17) is 11.6 Å². The van der Waals surface area contributed by atoms with Crippen molar-refractivity contribution in [2.75, 3.05) is 24.3 Å². The second-order valence-electron chi connectivity index (χ2n) is 3.87.